The molecule has 0 bridgehead atoms. The van der Waals surface area contributed by atoms with Gasteiger partial charge in [0, 0.05) is 4.88 Å². The van der Waals surface area contributed by atoms with E-state index in [4.69, 9.17) is 0 Å². The summed E-state index contributed by atoms with van der Waals surface area (Å²) in [6.45, 7) is 0. The molecular weight excluding hydrogens is 394 g/mol. The Hall–Kier alpha value is -0.790. The Labute approximate surface area is 130 Å². The molecule has 0 unspecified atom stereocenters. The molecule has 1 aliphatic rings. The summed E-state index contributed by atoms with van der Waals surface area (Å²) in [7, 11) is 0. The maximum absolute atomic E-state index is 12.2. The number of hydrogen-bond acceptors (Lipinski definition) is 4. The molecule has 2 heterocycles. The SMILES string of the molecule is O=C(Nc1ncc(Br)nc1Br)c1cc2c(s1)CCC2. The summed E-state index contributed by atoms with van der Waals surface area (Å²) in [6, 6.07) is 1.99. The normalized spacial score (nSPS) is 13.4. The number of fused-ring (bicyclic) bond motifs is 1. The molecule has 19 heavy (non-hydrogen) atoms. The first-order valence-electron chi connectivity index (χ1n) is 5.74. The van der Waals surface area contributed by atoms with Gasteiger partial charge in [-0.3, -0.25) is 4.79 Å². The molecule has 0 aliphatic heterocycles. The van der Waals surface area contributed by atoms with Crippen molar-refractivity contribution in [3.8, 4) is 0 Å². The van der Waals surface area contributed by atoms with Crippen molar-refractivity contribution in [3.63, 3.8) is 0 Å². The monoisotopic (exact) mass is 401 g/mol. The van der Waals surface area contributed by atoms with E-state index in [9.17, 15) is 4.79 Å². The number of halogens is 2. The van der Waals surface area contributed by atoms with Crippen molar-refractivity contribution in [2.75, 3.05) is 5.32 Å². The molecule has 0 aromatic carbocycles. The van der Waals surface area contributed by atoms with Gasteiger partial charge in [-0.25, -0.2) is 9.97 Å². The van der Waals surface area contributed by atoms with Crippen LogP contribution in [0.2, 0.25) is 0 Å². The number of aromatic nitrogens is 2. The van der Waals surface area contributed by atoms with E-state index in [1.807, 2.05) is 6.07 Å². The third-order valence-electron chi connectivity index (χ3n) is 2.90. The van der Waals surface area contributed by atoms with E-state index in [0.29, 0.717) is 15.0 Å². The second-order valence-electron chi connectivity index (χ2n) is 4.20. The van der Waals surface area contributed by atoms with Crippen LogP contribution in [0.15, 0.2) is 21.5 Å². The van der Waals surface area contributed by atoms with Crippen LogP contribution >= 0.6 is 43.2 Å². The van der Waals surface area contributed by atoms with Crippen molar-refractivity contribution in [3.05, 3.63) is 36.8 Å². The molecule has 2 aromatic heterocycles. The number of nitrogens with one attached hydrogen (secondary N) is 1. The maximum atomic E-state index is 12.2. The molecule has 0 spiro atoms. The number of rotatable bonds is 2. The van der Waals surface area contributed by atoms with E-state index in [2.05, 4.69) is 47.1 Å². The second-order valence-corrected chi connectivity index (χ2v) is 6.90. The van der Waals surface area contributed by atoms with Crippen molar-refractivity contribution in [1.29, 1.82) is 0 Å². The molecule has 4 nitrogen and oxygen atoms in total. The van der Waals surface area contributed by atoms with E-state index in [0.717, 1.165) is 17.7 Å². The molecule has 0 fully saturated rings. The minimum absolute atomic E-state index is 0.128. The van der Waals surface area contributed by atoms with Gasteiger partial charge in [-0.1, -0.05) is 0 Å². The highest BCUT2D eigenvalue weighted by Gasteiger charge is 2.19. The summed E-state index contributed by atoms with van der Waals surface area (Å²) < 4.78 is 1.13. The number of aryl methyl sites for hydroxylation is 2. The van der Waals surface area contributed by atoms with E-state index < -0.39 is 0 Å². The van der Waals surface area contributed by atoms with Crippen LogP contribution in [0.25, 0.3) is 0 Å². The first-order valence-corrected chi connectivity index (χ1v) is 8.14. The van der Waals surface area contributed by atoms with Gasteiger partial charge in [0.25, 0.3) is 5.91 Å². The fourth-order valence-electron chi connectivity index (χ4n) is 2.04. The predicted molar refractivity (Wildman–Crippen MR) is 81.7 cm³/mol. The van der Waals surface area contributed by atoms with Gasteiger partial charge >= 0.3 is 0 Å². The van der Waals surface area contributed by atoms with Gasteiger partial charge in [-0.15, -0.1) is 11.3 Å². The van der Waals surface area contributed by atoms with Crippen LogP contribution in [-0.4, -0.2) is 15.9 Å². The smallest absolute Gasteiger partial charge is 0.266 e. The Morgan fingerprint density at radius 3 is 2.95 bits per heavy atom. The molecule has 0 atom stereocenters. The van der Waals surface area contributed by atoms with Crippen LogP contribution in [0.1, 0.15) is 26.5 Å². The van der Waals surface area contributed by atoms with E-state index in [1.165, 1.54) is 16.9 Å². The summed E-state index contributed by atoms with van der Waals surface area (Å²) in [5, 5.41) is 2.77. The zero-order valence-electron chi connectivity index (χ0n) is 9.74. The minimum Gasteiger partial charge on any atom is -0.304 e. The average molecular weight is 403 g/mol. The molecule has 3 rings (SSSR count). The van der Waals surface area contributed by atoms with Crippen LogP contribution in [0.5, 0.6) is 0 Å². The Morgan fingerprint density at radius 1 is 1.37 bits per heavy atom. The van der Waals surface area contributed by atoms with Crippen molar-refractivity contribution in [2.24, 2.45) is 0 Å². The van der Waals surface area contributed by atoms with Crippen LogP contribution in [0, 0.1) is 0 Å². The summed E-state index contributed by atoms with van der Waals surface area (Å²) >= 11 is 8.07. The first-order chi connectivity index (χ1) is 9.13. The fraction of sp³-hybridized carbons (Fsp3) is 0.250. The van der Waals surface area contributed by atoms with Crippen molar-refractivity contribution < 1.29 is 4.79 Å². The van der Waals surface area contributed by atoms with Gasteiger partial charge in [0.15, 0.2) is 5.82 Å². The number of nitrogens with zero attached hydrogens (tertiary/aromatic N) is 2. The lowest BCUT2D eigenvalue weighted by molar-refractivity contribution is 0.103. The number of anilines is 1. The summed E-state index contributed by atoms with van der Waals surface area (Å²) in [4.78, 5) is 22.5. The Kier molecular flexibility index (Phi) is 3.68. The molecule has 2 aromatic rings. The highest BCUT2D eigenvalue weighted by atomic mass is 79.9. The van der Waals surface area contributed by atoms with Gasteiger partial charge in [-0.2, -0.15) is 0 Å². The maximum Gasteiger partial charge on any atom is 0.266 e. The number of hydrogen-bond donors (Lipinski definition) is 1. The lowest BCUT2D eigenvalue weighted by atomic mass is 10.2. The van der Waals surface area contributed by atoms with Crippen LogP contribution < -0.4 is 5.32 Å². The molecule has 0 saturated carbocycles. The zero-order valence-corrected chi connectivity index (χ0v) is 13.7. The zero-order chi connectivity index (χ0) is 13.4. The van der Waals surface area contributed by atoms with Gasteiger partial charge in [0.05, 0.1) is 11.1 Å². The number of carbonyl (C=O) groups is 1. The number of thiophene rings is 1. The Morgan fingerprint density at radius 2 is 2.21 bits per heavy atom. The van der Waals surface area contributed by atoms with Gasteiger partial charge in [0.1, 0.15) is 9.21 Å². The molecule has 0 radical (unpaired) electrons. The van der Waals surface area contributed by atoms with Gasteiger partial charge in [-0.05, 0) is 62.8 Å². The first kappa shape index (κ1) is 13.2. The molecule has 98 valence electrons. The second kappa shape index (κ2) is 5.30. The van der Waals surface area contributed by atoms with E-state index in [1.54, 1.807) is 17.5 Å². The van der Waals surface area contributed by atoms with E-state index >= 15 is 0 Å². The van der Waals surface area contributed by atoms with Gasteiger partial charge in [0.2, 0.25) is 0 Å². The van der Waals surface area contributed by atoms with E-state index in [-0.39, 0.29) is 5.91 Å². The molecule has 1 amide bonds. The lowest BCUT2D eigenvalue weighted by Gasteiger charge is -2.04. The largest absolute Gasteiger partial charge is 0.304 e. The number of amides is 1. The van der Waals surface area contributed by atoms with Gasteiger partial charge < -0.3 is 5.32 Å². The standard InChI is InChI=1S/C12H9Br2N3OS/c13-9-5-15-11(10(14)16-9)17-12(18)8-4-6-2-1-3-7(6)19-8/h4-5H,1-3H2,(H,15,17,18). The highest BCUT2D eigenvalue weighted by molar-refractivity contribution is 9.11. The quantitative estimate of drug-likeness (QED) is 0.830. The van der Waals surface area contributed by atoms with Crippen LogP contribution in [0.4, 0.5) is 5.82 Å². The molecule has 7 heteroatoms. The predicted octanol–water partition coefficient (Wildman–Crippen LogP) is 3.80. The molecule has 0 saturated heterocycles. The molecule has 1 N–H and O–H groups in total. The van der Waals surface area contributed by atoms with Crippen LogP contribution in [0.3, 0.4) is 0 Å². The van der Waals surface area contributed by atoms with Crippen molar-refractivity contribution >= 4 is 54.9 Å². The molecular formula is C12H9Br2N3OS. The Bertz CT molecular complexity index is 635. The summed E-state index contributed by atoms with van der Waals surface area (Å²) in [6.07, 6.45) is 4.93. The summed E-state index contributed by atoms with van der Waals surface area (Å²) in [5.41, 5.74) is 1.32. The average Bonchev–Trinajstić information content (AvgIpc) is 2.93. The lowest BCUT2D eigenvalue weighted by Crippen LogP contribution is -2.12. The molecule has 1 aliphatic carbocycles. The number of carbonyl (C=O) groups excluding carboxylic acids is 1. The van der Waals surface area contributed by atoms with Crippen molar-refractivity contribution in [2.45, 2.75) is 19.3 Å². The van der Waals surface area contributed by atoms with Crippen molar-refractivity contribution in [1.82, 2.24) is 9.97 Å². The third-order valence-corrected chi connectivity index (χ3v) is 5.07. The highest BCUT2D eigenvalue weighted by Crippen LogP contribution is 2.31. The Balaban J connectivity index is 1.80. The topological polar surface area (TPSA) is 54.9 Å². The fourth-order valence-corrected chi connectivity index (χ4v) is 4.10. The minimum atomic E-state index is -0.128. The summed E-state index contributed by atoms with van der Waals surface area (Å²) in [5.74, 6) is 0.304. The third kappa shape index (κ3) is 2.73. The van der Waals surface area contributed by atoms with Crippen LogP contribution in [-0.2, 0) is 12.8 Å².